The summed E-state index contributed by atoms with van der Waals surface area (Å²) in [6, 6.07) is 12.9. The molecule has 27 heavy (non-hydrogen) atoms. The van der Waals surface area contributed by atoms with Gasteiger partial charge in [0.1, 0.15) is 11.6 Å². The maximum atomic E-state index is 13.5. The Hall–Kier alpha value is -2.89. The van der Waals surface area contributed by atoms with Gasteiger partial charge in [-0.15, -0.1) is 0 Å². The molecule has 0 bridgehead atoms. The number of rotatable bonds is 10. The van der Waals surface area contributed by atoms with Crippen molar-refractivity contribution >= 4 is 11.9 Å². The predicted molar refractivity (Wildman–Crippen MR) is 100 cm³/mol. The van der Waals surface area contributed by atoms with Crippen molar-refractivity contribution in [3.8, 4) is 5.75 Å². The second-order valence-electron chi connectivity index (χ2n) is 5.99. The zero-order valence-corrected chi connectivity index (χ0v) is 15.4. The van der Waals surface area contributed by atoms with E-state index in [-0.39, 0.29) is 24.3 Å². The van der Waals surface area contributed by atoms with Crippen LogP contribution in [0.5, 0.6) is 5.75 Å². The zero-order valence-electron chi connectivity index (χ0n) is 15.4. The summed E-state index contributed by atoms with van der Waals surface area (Å²) in [6.07, 6.45) is 2.20. The molecule has 1 amide bonds. The Morgan fingerprint density at radius 1 is 1.07 bits per heavy atom. The highest BCUT2D eigenvalue weighted by atomic mass is 19.1. The molecule has 5 nitrogen and oxygen atoms in total. The van der Waals surface area contributed by atoms with Gasteiger partial charge in [-0.3, -0.25) is 4.79 Å². The molecule has 0 aliphatic heterocycles. The molecule has 2 aromatic carbocycles. The van der Waals surface area contributed by atoms with Crippen LogP contribution in [0.25, 0.3) is 0 Å². The number of carbonyl (C=O) groups excluding carboxylic acids is 2. The fourth-order valence-electron chi connectivity index (χ4n) is 2.32. The van der Waals surface area contributed by atoms with Crippen molar-refractivity contribution in [2.24, 2.45) is 0 Å². The minimum atomic E-state index is -0.374. The van der Waals surface area contributed by atoms with Gasteiger partial charge in [-0.2, -0.15) is 0 Å². The van der Waals surface area contributed by atoms with Crippen LogP contribution in [0.2, 0.25) is 0 Å². The second-order valence-corrected chi connectivity index (χ2v) is 5.99. The highest BCUT2D eigenvalue weighted by Gasteiger charge is 2.08. The highest BCUT2D eigenvalue weighted by Crippen LogP contribution is 2.13. The lowest BCUT2D eigenvalue weighted by Crippen LogP contribution is -2.30. The summed E-state index contributed by atoms with van der Waals surface area (Å²) in [7, 11) is 0. The van der Waals surface area contributed by atoms with E-state index in [1.54, 1.807) is 42.5 Å². The van der Waals surface area contributed by atoms with E-state index in [9.17, 15) is 14.0 Å². The zero-order chi connectivity index (χ0) is 19.5. The molecule has 2 rings (SSSR count). The lowest BCUT2D eigenvalue weighted by atomic mass is 10.1. The smallest absolute Gasteiger partial charge is 0.338 e. The van der Waals surface area contributed by atoms with E-state index in [4.69, 9.17) is 9.47 Å². The predicted octanol–water partition coefficient (Wildman–Crippen LogP) is 3.52. The van der Waals surface area contributed by atoms with Crippen LogP contribution >= 0.6 is 0 Å². The summed E-state index contributed by atoms with van der Waals surface area (Å²) in [5, 5.41) is 2.68. The third-order valence-corrected chi connectivity index (χ3v) is 3.87. The number of hydrogen-bond donors (Lipinski definition) is 1. The van der Waals surface area contributed by atoms with Gasteiger partial charge in [0.25, 0.3) is 5.91 Å². The Morgan fingerprint density at radius 3 is 2.52 bits per heavy atom. The molecular formula is C21H24FNO4. The molecule has 0 radical (unpaired) electrons. The minimum absolute atomic E-state index is 0.155. The van der Waals surface area contributed by atoms with Crippen LogP contribution in [0.1, 0.15) is 35.7 Å². The Balaban J connectivity index is 1.70. The van der Waals surface area contributed by atoms with Crippen LogP contribution in [0, 0.1) is 5.82 Å². The van der Waals surface area contributed by atoms with Crippen LogP contribution in [-0.2, 0) is 16.0 Å². The van der Waals surface area contributed by atoms with Crippen molar-refractivity contribution in [3.05, 3.63) is 65.5 Å². The summed E-state index contributed by atoms with van der Waals surface area (Å²) in [6.45, 7) is 2.60. The summed E-state index contributed by atoms with van der Waals surface area (Å²) in [4.78, 5) is 23.6. The van der Waals surface area contributed by atoms with Crippen molar-refractivity contribution in [2.75, 3.05) is 19.8 Å². The lowest BCUT2D eigenvalue weighted by Gasteiger charge is -2.09. The molecule has 0 atom stereocenters. The van der Waals surface area contributed by atoms with Crippen molar-refractivity contribution in [1.82, 2.24) is 5.32 Å². The van der Waals surface area contributed by atoms with Crippen LogP contribution in [0.4, 0.5) is 4.39 Å². The Labute approximate surface area is 158 Å². The fraction of sp³-hybridized carbons (Fsp3) is 0.333. The van der Waals surface area contributed by atoms with Crippen LogP contribution < -0.4 is 10.1 Å². The fourth-order valence-corrected chi connectivity index (χ4v) is 2.32. The summed E-state index contributed by atoms with van der Waals surface area (Å²) >= 11 is 0. The minimum Gasteiger partial charge on any atom is -0.484 e. The Bertz CT molecular complexity index is 746. The maximum Gasteiger partial charge on any atom is 0.338 e. The first-order valence-electron chi connectivity index (χ1n) is 9.00. The summed E-state index contributed by atoms with van der Waals surface area (Å²) in [5.41, 5.74) is 0.993. The molecule has 6 heteroatoms. The number of nitrogens with one attached hydrogen (secondary N) is 1. The van der Waals surface area contributed by atoms with E-state index in [2.05, 4.69) is 5.32 Å². The van der Waals surface area contributed by atoms with Gasteiger partial charge in [-0.05, 0) is 48.7 Å². The molecule has 144 valence electrons. The summed E-state index contributed by atoms with van der Waals surface area (Å²) < 4.78 is 24.0. The average molecular weight is 373 g/mol. The standard InChI is InChI=1S/C21H24FNO4/c1-2-3-14-26-21(25)17-8-10-18(11-9-17)27-15-20(24)23-13-12-16-6-4-5-7-19(16)22/h4-11H,2-3,12-15H2,1H3,(H,23,24). The number of benzene rings is 2. The van der Waals surface area contributed by atoms with Gasteiger partial charge in [0.2, 0.25) is 0 Å². The molecule has 0 fully saturated rings. The van der Waals surface area contributed by atoms with Crippen molar-refractivity contribution < 1.29 is 23.5 Å². The number of halogens is 1. The quantitative estimate of drug-likeness (QED) is 0.511. The first-order valence-corrected chi connectivity index (χ1v) is 9.00. The molecule has 0 saturated heterocycles. The molecule has 0 aliphatic rings. The molecule has 0 aliphatic carbocycles. The molecule has 0 saturated carbocycles. The van der Waals surface area contributed by atoms with Crippen LogP contribution in [0.15, 0.2) is 48.5 Å². The largest absolute Gasteiger partial charge is 0.484 e. The monoisotopic (exact) mass is 373 g/mol. The molecular weight excluding hydrogens is 349 g/mol. The van der Waals surface area contributed by atoms with E-state index in [1.165, 1.54) is 6.07 Å². The van der Waals surface area contributed by atoms with E-state index >= 15 is 0 Å². The third-order valence-electron chi connectivity index (χ3n) is 3.87. The highest BCUT2D eigenvalue weighted by molar-refractivity contribution is 5.89. The molecule has 1 N–H and O–H groups in total. The van der Waals surface area contributed by atoms with E-state index in [1.807, 2.05) is 6.92 Å². The number of amides is 1. The number of esters is 1. The van der Waals surface area contributed by atoms with Gasteiger partial charge in [0, 0.05) is 6.54 Å². The Morgan fingerprint density at radius 2 is 1.81 bits per heavy atom. The number of ether oxygens (including phenoxy) is 2. The van der Waals surface area contributed by atoms with E-state index in [0.717, 1.165) is 12.8 Å². The topological polar surface area (TPSA) is 64.6 Å². The normalized spacial score (nSPS) is 10.3. The molecule has 2 aromatic rings. The lowest BCUT2D eigenvalue weighted by molar-refractivity contribution is -0.123. The van der Waals surface area contributed by atoms with Gasteiger partial charge in [0.15, 0.2) is 6.61 Å². The summed E-state index contributed by atoms with van der Waals surface area (Å²) in [5.74, 6) is -0.476. The average Bonchev–Trinajstić information content (AvgIpc) is 2.68. The first kappa shape index (κ1) is 20.4. The van der Waals surface area contributed by atoms with Crippen LogP contribution in [-0.4, -0.2) is 31.6 Å². The second kappa shape index (κ2) is 11.0. The molecule has 0 aromatic heterocycles. The van der Waals surface area contributed by atoms with E-state index in [0.29, 0.717) is 36.4 Å². The van der Waals surface area contributed by atoms with Gasteiger partial charge in [-0.1, -0.05) is 31.5 Å². The number of hydrogen-bond acceptors (Lipinski definition) is 4. The number of carbonyl (C=O) groups is 2. The number of unbranched alkanes of at least 4 members (excludes halogenated alkanes) is 1. The van der Waals surface area contributed by atoms with Gasteiger partial charge >= 0.3 is 5.97 Å². The van der Waals surface area contributed by atoms with Crippen molar-refractivity contribution in [1.29, 1.82) is 0 Å². The maximum absolute atomic E-state index is 13.5. The van der Waals surface area contributed by atoms with E-state index < -0.39 is 0 Å². The third kappa shape index (κ3) is 7.09. The Kier molecular flexibility index (Phi) is 8.29. The van der Waals surface area contributed by atoms with Crippen molar-refractivity contribution in [2.45, 2.75) is 26.2 Å². The first-order chi connectivity index (χ1) is 13.1. The van der Waals surface area contributed by atoms with Crippen molar-refractivity contribution in [3.63, 3.8) is 0 Å². The van der Waals surface area contributed by atoms with Gasteiger partial charge < -0.3 is 14.8 Å². The molecule has 0 heterocycles. The van der Waals surface area contributed by atoms with Crippen LogP contribution in [0.3, 0.4) is 0 Å². The van der Waals surface area contributed by atoms with Gasteiger partial charge in [-0.25, -0.2) is 9.18 Å². The molecule has 0 unspecified atom stereocenters. The molecule has 0 spiro atoms. The van der Waals surface area contributed by atoms with Gasteiger partial charge in [0.05, 0.1) is 12.2 Å². The SMILES string of the molecule is CCCCOC(=O)c1ccc(OCC(=O)NCCc2ccccc2F)cc1.